The van der Waals surface area contributed by atoms with Gasteiger partial charge in [0.05, 0.1) is 4.90 Å². The summed E-state index contributed by atoms with van der Waals surface area (Å²) in [5, 5.41) is 3.19. The highest BCUT2D eigenvalue weighted by Crippen LogP contribution is 2.15. The first-order valence-electron chi connectivity index (χ1n) is 8.02. The summed E-state index contributed by atoms with van der Waals surface area (Å²) in [4.78, 5) is 12.5. The van der Waals surface area contributed by atoms with Crippen LogP contribution in [0, 0.1) is 0 Å². The molecule has 5 nitrogen and oxygen atoms in total. The van der Waals surface area contributed by atoms with Crippen LogP contribution in [0.3, 0.4) is 0 Å². The Morgan fingerprint density at radius 1 is 1.08 bits per heavy atom. The van der Waals surface area contributed by atoms with Gasteiger partial charge in [-0.15, -0.1) is 0 Å². The molecule has 2 N–H and O–H groups in total. The quantitative estimate of drug-likeness (QED) is 0.739. The monoisotopic (exact) mass is 380 g/mol. The molecule has 25 heavy (non-hydrogen) atoms. The van der Waals surface area contributed by atoms with Crippen molar-refractivity contribution >= 4 is 27.5 Å². The fourth-order valence-corrected chi connectivity index (χ4v) is 3.60. The zero-order valence-corrected chi connectivity index (χ0v) is 15.5. The van der Waals surface area contributed by atoms with Crippen LogP contribution in [0.25, 0.3) is 0 Å². The van der Waals surface area contributed by atoms with Gasteiger partial charge < -0.3 is 5.32 Å². The molecule has 0 radical (unpaired) electrons. The Balaban J connectivity index is 2.22. The van der Waals surface area contributed by atoms with Gasteiger partial charge in [0, 0.05) is 11.6 Å². The zero-order valence-electron chi connectivity index (χ0n) is 13.9. The summed E-state index contributed by atoms with van der Waals surface area (Å²) in [6.07, 6.45) is 1.04. The van der Waals surface area contributed by atoms with E-state index in [0.29, 0.717) is 11.6 Å². The Kier molecular flexibility index (Phi) is 6.99. The molecule has 0 saturated heterocycles. The largest absolute Gasteiger partial charge is 0.355 e. The first-order valence-corrected chi connectivity index (χ1v) is 9.88. The second-order valence-electron chi connectivity index (χ2n) is 5.61. The lowest BCUT2D eigenvalue weighted by atomic mass is 10.1. The average molecular weight is 381 g/mol. The first-order chi connectivity index (χ1) is 11.9. The van der Waals surface area contributed by atoms with Gasteiger partial charge in [-0.3, -0.25) is 4.79 Å². The van der Waals surface area contributed by atoms with Crippen molar-refractivity contribution in [1.82, 2.24) is 10.0 Å². The van der Waals surface area contributed by atoms with Crippen molar-refractivity contribution in [3.63, 3.8) is 0 Å². The van der Waals surface area contributed by atoms with Crippen molar-refractivity contribution < 1.29 is 13.2 Å². The molecular formula is C18H21ClN2O3S. The number of sulfonamides is 1. The van der Waals surface area contributed by atoms with Crippen molar-refractivity contribution in [3.8, 4) is 0 Å². The van der Waals surface area contributed by atoms with Gasteiger partial charge in [-0.05, 0) is 42.7 Å². The number of carbonyl (C=O) groups is 1. The molecule has 0 fully saturated rings. The van der Waals surface area contributed by atoms with Crippen LogP contribution >= 0.6 is 11.6 Å². The van der Waals surface area contributed by atoms with Gasteiger partial charge >= 0.3 is 0 Å². The first kappa shape index (κ1) is 19.4. The van der Waals surface area contributed by atoms with Crippen molar-refractivity contribution in [2.75, 3.05) is 6.54 Å². The van der Waals surface area contributed by atoms with Crippen LogP contribution in [0.2, 0.25) is 5.02 Å². The molecule has 1 unspecified atom stereocenters. The highest BCUT2D eigenvalue weighted by atomic mass is 35.5. The lowest BCUT2D eigenvalue weighted by molar-refractivity contribution is -0.122. The maximum absolute atomic E-state index is 12.6. The molecule has 0 aliphatic carbocycles. The molecule has 0 saturated carbocycles. The summed E-state index contributed by atoms with van der Waals surface area (Å²) < 4.78 is 27.7. The van der Waals surface area contributed by atoms with E-state index in [-0.39, 0.29) is 17.2 Å². The third-order valence-corrected chi connectivity index (χ3v) is 5.31. The Bertz CT molecular complexity index is 793. The summed E-state index contributed by atoms with van der Waals surface area (Å²) in [6, 6.07) is 14.2. The minimum Gasteiger partial charge on any atom is -0.355 e. The third kappa shape index (κ3) is 5.85. The van der Waals surface area contributed by atoms with Crippen molar-refractivity contribution in [1.29, 1.82) is 0 Å². The van der Waals surface area contributed by atoms with E-state index >= 15 is 0 Å². The summed E-state index contributed by atoms with van der Waals surface area (Å²) in [5.74, 6) is -0.344. The van der Waals surface area contributed by atoms with E-state index in [1.807, 2.05) is 37.3 Å². The van der Waals surface area contributed by atoms with Crippen LogP contribution < -0.4 is 10.0 Å². The molecule has 1 amide bonds. The van der Waals surface area contributed by atoms with Gasteiger partial charge in [0.1, 0.15) is 6.04 Å². The molecule has 7 heteroatoms. The number of amides is 1. The van der Waals surface area contributed by atoms with Crippen LogP contribution in [-0.4, -0.2) is 26.9 Å². The minimum absolute atomic E-state index is 0.0678. The number of carbonyl (C=O) groups excluding carboxylic acids is 1. The van der Waals surface area contributed by atoms with Crippen molar-refractivity contribution in [2.45, 2.75) is 30.7 Å². The maximum atomic E-state index is 12.6. The van der Waals surface area contributed by atoms with Gasteiger partial charge in [0.2, 0.25) is 15.9 Å². The van der Waals surface area contributed by atoms with E-state index in [0.717, 1.165) is 12.0 Å². The predicted molar refractivity (Wildman–Crippen MR) is 99.0 cm³/mol. The number of hydrogen-bond donors (Lipinski definition) is 2. The minimum atomic E-state index is -3.84. The molecule has 0 spiro atoms. The standard InChI is InChI=1S/C18H21ClN2O3S/c1-2-12-20-18(22)17(13-14-6-4-3-5-7-14)21-25(23,24)16-10-8-15(19)9-11-16/h3-11,17,21H,2,12-13H2,1H3,(H,20,22). The molecule has 2 aromatic carbocycles. The second kappa shape index (κ2) is 8.99. The number of benzene rings is 2. The van der Waals surface area contributed by atoms with Crippen molar-refractivity contribution in [3.05, 3.63) is 65.2 Å². The van der Waals surface area contributed by atoms with Crippen LogP contribution in [-0.2, 0) is 21.2 Å². The molecule has 0 bridgehead atoms. The summed E-state index contributed by atoms with van der Waals surface area (Å²) in [5.41, 5.74) is 0.873. The average Bonchev–Trinajstić information content (AvgIpc) is 2.60. The second-order valence-corrected chi connectivity index (χ2v) is 7.76. The fourth-order valence-electron chi connectivity index (χ4n) is 2.28. The van der Waals surface area contributed by atoms with Gasteiger partial charge in [-0.25, -0.2) is 8.42 Å². The molecule has 1 atom stereocenters. The maximum Gasteiger partial charge on any atom is 0.241 e. The van der Waals surface area contributed by atoms with Crippen LogP contribution in [0.5, 0.6) is 0 Å². The van der Waals surface area contributed by atoms with Gasteiger partial charge in [-0.2, -0.15) is 4.72 Å². The predicted octanol–water partition coefficient (Wildman–Crippen LogP) is 2.76. The summed E-state index contributed by atoms with van der Waals surface area (Å²) in [7, 11) is -3.84. The fraction of sp³-hybridized carbons (Fsp3) is 0.278. The van der Waals surface area contributed by atoms with E-state index in [4.69, 9.17) is 11.6 Å². The Hall–Kier alpha value is -1.89. The number of rotatable bonds is 8. The lowest BCUT2D eigenvalue weighted by Crippen LogP contribution is -2.48. The van der Waals surface area contributed by atoms with Crippen LogP contribution in [0.4, 0.5) is 0 Å². The van der Waals surface area contributed by atoms with E-state index in [9.17, 15) is 13.2 Å². The summed E-state index contributed by atoms with van der Waals surface area (Å²) >= 11 is 5.80. The Morgan fingerprint density at radius 2 is 1.72 bits per heavy atom. The highest BCUT2D eigenvalue weighted by Gasteiger charge is 2.25. The molecule has 2 rings (SSSR count). The van der Waals surface area contributed by atoms with Crippen molar-refractivity contribution in [2.24, 2.45) is 0 Å². The normalized spacial score (nSPS) is 12.6. The number of halogens is 1. The van der Waals surface area contributed by atoms with Gasteiger partial charge in [-0.1, -0.05) is 48.9 Å². The number of nitrogens with one attached hydrogen (secondary N) is 2. The zero-order chi connectivity index (χ0) is 18.3. The molecule has 0 aliphatic heterocycles. The van der Waals surface area contributed by atoms with Gasteiger partial charge in [0.25, 0.3) is 0 Å². The topological polar surface area (TPSA) is 75.3 Å². The SMILES string of the molecule is CCCNC(=O)C(Cc1ccccc1)NS(=O)(=O)c1ccc(Cl)cc1. The third-order valence-electron chi connectivity index (χ3n) is 3.57. The summed E-state index contributed by atoms with van der Waals surface area (Å²) in [6.45, 7) is 2.43. The number of hydrogen-bond acceptors (Lipinski definition) is 3. The smallest absolute Gasteiger partial charge is 0.241 e. The van der Waals surface area contributed by atoms with Crippen LogP contribution in [0.15, 0.2) is 59.5 Å². The van der Waals surface area contributed by atoms with E-state index in [2.05, 4.69) is 10.0 Å². The molecule has 0 aromatic heterocycles. The van der Waals surface area contributed by atoms with Crippen LogP contribution in [0.1, 0.15) is 18.9 Å². The van der Waals surface area contributed by atoms with Gasteiger partial charge in [0.15, 0.2) is 0 Å². The highest BCUT2D eigenvalue weighted by molar-refractivity contribution is 7.89. The molecule has 0 heterocycles. The van der Waals surface area contributed by atoms with E-state index in [1.165, 1.54) is 24.3 Å². The van der Waals surface area contributed by atoms with E-state index < -0.39 is 16.1 Å². The Labute approximate surface area is 153 Å². The molecule has 134 valence electrons. The lowest BCUT2D eigenvalue weighted by Gasteiger charge is -2.18. The molecule has 2 aromatic rings. The Morgan fingerprint density at radius 3 is 2.32 bits per heavy atom. The molecule has 0 aliphatic rings. The van der Waals surface area contributed by atoms with E-state index in [1.54, 1.807) is 0 Å². The molecular weight excluding hydrogens is 360 g/mol.